The van der Waals surface area contributed by atoms with Crippen molar-refractivity contribution in [1.82, 2.24) is 14.8 Å². The molecule has 2 N–H and O–H groups in total. The van der Waals surface area contributed by atoms with E-state index in [1.165, 1.54) is 0 Å². The van der Waals surface area contributed by atoms with Crippen LogP contribution in [-0.2, 0) is 6.42 Å². The van der Waals surface area contributed by atoms with Gasteiger partial charge in [0.05, 0.1) is 28.4 Å². The SMILES string of the molecule is COc1ccc(C2=CC(c3ccc(OC)c(OC)c3)n3nc(CCCO)nc3N2)cc1OC. The maximum atomic E-state index is 9.21. The molecule has 0 amide bonds. The number of aromatic nitrogens is 3. The molecule has 0 bridgehead atoms. The summed E-state index contributed by atoms with van der Waals surface area (Å²) in [6, 6.07) is 11.3. The number of anilines is 1. The zero-order valence-electron chi connectivity index (χ0n) is 19.2. The van der Waals surface area contributed by atoms with Crippen molar-refractivity contribution in [2.45, 2.75) is 18.9 Å². The molecule has 1 aliphatic rings. The predicted octanol–water partition coefficient (Wildman–Crippen LogP) is 3.29. The molecular formula is C24H28N4O5. The van der Waals surface area contributed by atoms with E-state index in [0.29, 0.717) is 47.6 Å². The molecule has 1 unspecified atom stereocenters. The topological polar surface area (TPSA) is 99.9 Å². The lowest BCUT2D eigenvalue weighted by Crippen LogP contribution is -2.20. The second kappa shape index (κ2) is 9.83. The predicted molar refractivity (Wildman–Crippen MR) is 124 cm³/mol. The van der Waals surface area contributed by atoms with Gasteiger partial charge in [-0.2, -0.15) is 10.1 Å². The van der Waals surface area contributed by atoms with Crippen LogP contribution in [0.5, 0.6) is 23.0 Å². The largest absolute Gasteiger partial charge is 0.493 e. The molecule has 0 fully saturated rings. The second-order valence-electron chi connectivity index (χ2n) is 7.46. The van der Waals surface area contributed by atoms with E-state index in [-0.39, 0.29) is 12.6 Å². The zero-order valence-corrected chi connectivity index (χ0v) is 19.2. The van der Waals surface area contributed by atoms with E-state index in [4.69, 9.17) is 24.0 Å². The third-order valence-corrected chi connectivity index (χ3v) is 5.51. The Bertz CT molecular complexity index is 1160. The number of nitrogens with zero attached hydrogens (tertiary/aromatic N) is 3. The maximum Gasteiger partial charge on any atom is 0.226 e. The van der Waals surface area contributed by atoms with Gasteiger partial charge < -0.3 is 29.4 Å². The highest BCUT2D eigenvalue weighted by Gasteiger charge is 2.26. The van der Waals surface area contributed by atoms with Crippen molar-refractivity contribution in [1.29, 1.82) is 0 Å². The first-order valence-corrected chi connectivity index (χ1v) is 10.6. The van der Waals surface area contributed by atoms with E-state index in [1.54, 1.807) is 28.4 Å². The van der Waals surface area contributed by atoms with Gasteiger partial charge in [0.15, 0.2) is 28.8 Å². The summed E-state index contributed by atoms with van der Waals surface area (Å²) >= 11 is 0. The molecule has 0 saturated carbocycles. The second-order valence-corrected chi connectivity index (χ2v) is 7.46. The van der Waals surface area contributed by atoms with Crippen LogP contribution in [0.25, 0.3) is 5.70 Å². The highest BCUT2D eigenvalue weighted by atomic mass is 16.5. The zero-order chi connectivity index (χ0) is 23.4. The Morgan fingerprint density at radius 2 is 1.58 bits per heavy atom. The Labute approximate surface area is 192 Å². The Morgan fingerprint density at radius 3 is 2.24 bits per heavy atom. The molecule has 0 spiro atoms. The van der Waals surface area contributed by atoms with Gasteiger partial charge in [-0.3, -0.25) is 0 Å². The molecule has 2 aromatic carbocycles. The van der Waals surface area contributed by atoms with Crippen LogP contribution in [-0.4, -0.2) is 54.9 Å². The van der Waals surface area contributed by atoms with E-state index >= 15 is 0 Å². The van der Waals surface area contributed by atoms with Gasteiger partial charge in [-0.25, -0.2) is 4.68 Å². The summed E-state index contributed by atoms with van der Waals surface area (Å²) in [5.41, 5.74) is 2.75. The van der Waals surface area contributed by atoms with Crippen LogP contribution in [0.3, 0.4) is 0 Å². The van der Waals surface area contributed by atoms with Crippen molar-refractivity contribution in [3.8, 4) is 23.0 Å². The third kappa shape index (κ3) is 4.45. The molecule has 1 aliphatic heterocycles. The summed E-state index contributed by atoms with van der Waals surface area (Å²) in [5, 5.41) is 17.3. The Hall–Kier alpha value is -3.72. The number of fused-ring (bicyclic) bond motifs is 1. The highest BCUT2D eigenvalue weighted by Crippen LogP contribution is 2.38. The number of allylic oxidation sites excluding steroid dienone is 1. The summed E-state index contributed by atoms with van der Waals surface area (Å²) in [7, 11) is 6.45. The van der Waals surface area contributed by atoms with Gasteiger partial charge in [0.2, 0.25) is 5.95 Å². The molecule has 1 aromatic heterocycles. The number of benzene rings is 2. The standard InChI is InChI=1S/C24H28N4O5/c1-30-19-9-7-15(12-21(19)32-3)17-14-18(16-8-10-20(31-2)22(13-16)33-4)28-24(25-17)26-23(27-28)6-5-11-29/h7-10,12-14,18,29H,5-6,11H2,1-4H3,(H,25,26,27). The van der Waals surface area contributed by atoms with Crippen molar-refractivity contribution in [2.75, 3.05) is 40.4 Å². The summed E-state index contributed by atoms with van der Waals surface area (Å²) < 4.78 is 23.6. The fourth-order valence-electron chi connectivity index (χ4n) is 3.83. The molecule has 174 valence electrons. The number of nitrogens with one attached hydrogen (secondary N) is 1. The van der Waals surface area contributed by atoms with E-state index in [2.05, 4.69) is 16.4 Å². The molecule has 0 aliphatic carbocycles. The van der Waals surface area contributed by atoms with Crippen molar-refractivity contribution in [3.05, 3.63) is 59.4 Å². The molecule has 1 atom stereocenters. The van der Waals surface area contributed by atoms with Crippen LogP contribution in [0.15, 0.2) is 42.5 Å². The number of aliphatic hydroxyl groups excluding tert-OH is 1. The average Bonchev–Trinajstić information content (AvgIpc) is 3.28. The average molecular weight is 453 g/mol. The van der Waals surface area contributed by atoms with Gasteiger partial charge in [0, 0.05) is 24.3 Å². The van der Waals surface area contributed by atoms with Crippen molar-refractivity contribution >= 4 is 11.6 Å². The first-order chi connectivity index (χ1) is 16.1. The summed E-state index contributed by atoms with van der Waals surface area (Å²) in [6.07, 6.45) is 3.27. The summed E-state index contributed by atoms with van der Waals surface area (Å²) in [5.74, 6) is 3.87. The number of methoxy groups -OCH3 is 4. The smallest absolute Gasteiger partial charge is 0.226 e. The lowest BCUT2D eigenvalue weighted by atomic mass is 10.0. The Balaban J connectivity index is 1.80. The molecule has 0 radical (unpaired) electrons. The Morgan fingerprint density at radius 1 is 0.909 bits per heavy atom. The molecule has 3 aromatic rings. The molecule has 9 nitrogen and oxygen atoms in total. The lowest BCUT2D eigenvalue weighted by molar-refractivity contribution is 0.287. The van der Waals surface area contributed by atoms with Crippen molar-refractivity contribution in [2.24, 2.45) is 0 Å². The Kier molecular flexibility index (Phi) is 6.69. The minimum Gasteiger partial charge on any atom is -0.493 e. The van der Waals surface area contributed by atoms with E-state index in [1.807, 2.05) is 41.1 Å². The van der Waals surface area contributed by atoms with Gasteiger partial charge in [-0.15, -0.1) is 0 Å². The first-order valence-electron chi connectivity index (χ1n) is 10.6. The monoisotopic (exact) mass is 452 g/mol. The molecule has 9 heteroatoms. The van der Waals surface area contributed by atoms with Crippen molar-refractivity contribution in [3.63, 3.8) is 0 Å². The van der Waals surface area contributed by atoms with Gasteiger partial charge in [-0.05, 0) is 48.4 Å². The normalized spacial score (nSPS) is 14.7. The number of hydrogen-bond donors (Lipinski definition) is 2. The molecule has 4 rings (SSSR count). The van der Waals surface area contributed by atoms with Crippen molar-refractivity contribution < 1.29 is 24.1 Å². The van der Waals surface area contributed by atoms with Crippen LogP contribution in [0, 0.1) is 0 Å². The number of rotatable bonds is 9. The fraction of sp³-hybridized carbons (Fsp3) is 0.333. The number of hydrogen-bond acceptors (Lipinski definition) is 8. The van der Waals surface area contributed by atoms with Crippen LogP contribution in [0.2, 0.25) is 0 Å². The lowest BCUT2D eigenvalue weighted by Gasteiger charge is -2.25. The fourth-order valence-corrected chi connectivity index (χ4v) is 3.83. The minimum absolute atomic E-state index is 0.0888. The van der Waals surface area contributed by atoms with Crippen LogP contribution in [0.1, 0.15) is 29.4 Å². The van der Waals surface area contributed by atoms with Gasteiger partial charge in [0.1, 0.15) is 6.04 Å². The highest BCUT2D eigenvalue weighted by molar-refractivity contribution is 5.78. The van der Waals surface area contributed by atoms with Gasteiger partial charge in [0.25, 0.3) is 0 Å². The first kappa shape index (κ1) is 22.5. The van der Waals surface area contributed by atoms with E-state index < -0.39 is 0 Å². The maximum absolute atomic E-state index is 9.21. The quantitative estimate of drug-likeness (QED) is 0.510. The molecular weight excluding hydrogens is 424 g/mol. The molecule has 33 heavy (non-hydrogen) atoms. The van der Waals surface area contributed by atoms with Crippen LogP contribution >= 0.6 is 0 Å². The number of ether oxygens (including phenoxy) is 4. The molecule has 0 saturated heterocycles. The van der Waals surface area contributed by atoms with E-state index in [9.17, 15) is 5.11 Å². The van der Waals surface area contributed by atoms with Crippen LogP contribution in [0.4, 0.5) is 5.95 Å². The van der Waals surface area contributed by atoms with Crippen LogP contribution < -0.4 is 24.3 Å². The minimum atomic E-state index is -0.237. The molecule has 2 heterocycles. The van der Waals surface area contributed by atoms with E-state index in [0.717, 1.165) is 16.8 Å². The van der Waals surface area contributed by atoms with Gasteiger partial charge >= 0.3 is 0 Å². The summed E-state index contributed by atoms with van der Waals surface area (Å²) in [6.45, 7) is 0.0888. The number of aliphatic hydroxyl groups is 1. The van der Waals surface area contributed by atoms with Gasteiger partial charge in [-0.1, -0.05) is 6.07 Å². The number of aryl methyl sites for hydroxylation is 1. The summed E-state index contributed by atoms with van der Waals surface area (Å²) in [4.78, 5) is 4.67. The third-order valence-electron chi connectivity index (χ3n) is 5.51.